The summed E-state index contributed by atoms with van der Waals surface area (Å²) in [5.41, 5.74) is 1.58. The number of nitrogens with zero attached hydrogens (tertiary/aromatic N) is 1. The number of ether oxygens (including phenoxy) is 1. The first kappa shape index (κ1) is 25.0. The number of aliphatic hydroxyl groups excluding tert-OH is 1. The lowest BCUT2D eigenvalue weighted by molar-refractivity contribution is -0.153. The fraction of sp³-hybridized carbons (Fsp3) is 0.350. The third kappa shape index (κ3) is 8.90. The minimum atomic E-state index is -4.39. The number of guanidine groups is 1. The van der Waals surface area contributed by atoms with Gasteiger partial charge in [0, 0.05) is 31.6 Å². The second kappa shape index (κ2) is 12.5. The van der Waals surface area contributed by atoms with Crippen molar-refractivity contribution in [3.63, 3.8) is 0 Å². The minimum Gasteiger partial charge on any atom is -0.484 e. The lowest BCUT2D eigenvalue weighted by Gasteiger charge is -2.19. The summed E-state index contributed by atoms with van der Waals surface area (Å²) < 4.78 is 42.1. The third-order valence-corrected chi connectivity index (χ3v) is 4.04. The highest BCUT2D eigenvalue weighted by atomic mass is 127. The highest BCUT2D eigenvalue weighted by molar-refractivity contribution is 14.0. The number of nitrogens with one attached hydrogen (secondary N) is 2. The van der Waals surface area contributed by atoms with Crippen LogP contribution in [0.5, 0.6) is 5.75 Å². The van der Waals surface area contributed by atoms with E-state index in [1.54, 1.807) is 25.2 Å². The number of alkyl halides is 3. The zero-order valence-electron chi connectivity index (χ0n) is 15.9. The fourth-order valence-electron chi connectivity index (χ4n) is 2.58. The second-order valence-electron chi connectivity index (χ2n) is 6.11. The van der Waals surface area contributed by atoms with Crippen molar-refractivity contribution >= 4 is 29.9 Å². The van der Waals surface area contributed by atoms with Gasteiger partial charge in [-0.15, -0.1) is 24.0 Å². The highest BCUT2D eigenvalue weighted by Crippen LogP contribution is 2.22. The number of benzene rings is 2. The lowest BCUT2D eigenvalue weighted by atomic mass is 10.0. The van der Waals surface area contributed by atoms with E-state index in [1.165, 1.54) is 6.07 Å². The Morgan fingerprint density at radius 1 is 1.07 bits per heavy atom. The van der Waals surface area contributed by atoms with Gasteiger partial charge in [-0.2, -0.15) is 13.2 Å². The maximum atomic E-state index is 12.4. The van der Waals surface area contributed by atoms with Crippen molar-refractivity contribution in [3.8, 4) is 5.75 Å². The van der Waals surface area contributed by atoms with Crippen LogP contribution in [0.4, 0.5) is 13.2 Å². The molecule has 0 amide bonds. The maximum Gasteiger partial charge on any atom is 0.422 e. The van der Waals surface area contributed by atoms with Gasteiger partial charge >= 0.3 is 6.18 Å². The number of aliphatic imine (C=N–C) groups is 1. The Kier molecular flexibility index (Phi) is 10.8. The predicted molar refractivity (Wildman–Crippen MR) is 118 cm³/mol. The van der Waals surface area contributed by atoms with Gasteiger partial charge in [-0.05, 0) is 11.6 Å². The summed E-state index contributed by atoms with van der Waals surface area (Å²) in [7, 11) is 1.60. The van der Waals surface area contributed by atoms with Gasteiger partial charge in [0.25, 0.3) is 0 Å². The molecular formula is C20H25F3IN3O2. The molecule has 0 fully saturated rings. The summed E-state index contributed by atoms with van der Waals surface area (Å²) in [6, 6.07) is 16.1. The van der Waals surface area contributed by atoms with Crippen molar-refractivity contribution in [2.24, 2.45) is 4.99 Å². The van der Waals surface area contributed by atoms with Gasteiger partial charge < -0.3 is 20.5 Å². The van der Waals surface area contributed by atoms with Gasteiger partial charge in [0.15, 0.2) is 12.6 Å². The normalized spacial score (nSPS) is 12.7. The number of halogens is 4. The van der Waals surface area contributed by atoms with Gasteiger partial charge in [-0.3, -0.25) is 4.99 Å². The Balaban J connectivity index is 0.00000420. The molecule has 29 heavy (non-hydrogen) atoms. The average Bonchev–Trinajstić information content (AvgIpc) is 2.70. The second-order valence-corrected chi connectivity index (χ2v) is 6.11. The molecule has 0 aliphatic rings. The topological polar surface area (TPSA) is 65.9 Å². The summed E-state index contributed by atoms with van der Waals surface area (Å²) in [4.78, 5) is 4.11. The Hall–Kier alpha value is -2.01. The van der Waals surface area contributed by atoms with E-state index >= 15 is 0 Å². The standard InChI is InChI=1S/C20H24F3N3O2.HI/c1-24-19(26-12-17(13-27)15-7-3-2-4-8-15)25-11-16-9-5-6-10-18(16)28-14-20(21,22)23;/h2-10,17,27H,11-14H2,1H3,(H2,24,25,26);1H. The first-order valence-electron chi connectivity index (χ1n) is 8.80. The van der Waals surface area contributed by atoms with Crippen LogP contribution in [0.15, 0.2) is 59.6 Å². The van der Waals surface area contributed by atoms with Crippen molar-refractivity contribution in [1.29, 1.82) is 0 Å². The number of hydrogen-bond acceptors (Lipinski definition) is 3. The van der Waals surface area contributed by atoms with Crippen LogP contribution in [-0.2, 0) is 6.54 Å². The van der Waals surface area contributed by atoms with Crippen LogP contribution in [-0.4, -0.2) is 44.0 Å². The van der Waals surface area contributed by atoms with Gasteiger partial charge in [-0.25, -0.2) is 0 Å². The first-order valence-corrected chi connectivity index (χ1v) is 8.80. The molecule has 5 nitrogen and oxygen atoms in total. The van der Waals surface area contributed by atoms with E-state index in [0.717, 1.165) is 5.56 Å². The Labute approximate surface area is 185 Å². The van der Waals surface area contributed by atoms with Crippen LogP contribution >= 0.6 is 24.0 Å². The van der Waals surface area contributed by atoms with Gasteiger partial charge in [0.05, 0.1) is 6.61 Å². The summed E-state index contributed by atoms with van der Waals surface area (Å²) in [5.74, 6) is 0.530. The van der Waals surface area contributed by atoms with E-state index in [9.17, 15) is 18.3 Å². The van der Waals surface area contributed by atoms with Crippen LogP contribution in [0.3, 0.4) is 0 Å². The van der Waals surface area contributed by atoms with Crippen LogP contribution in [0.25, 0.3) is 0 Å². The van der Waals surface area contributed by atoms with Crippen molar-refractivity contribution in [2.45, 2.75) is 18.6 Å². The molecule has 0 bridgehead atoms. The van der Waals surface area contributed by atoms with Crippen molar-refractivity contribution in [2.75, 3.05) is 26.8 Å². The summed E-state index contributed by atoms with van der Waals surface area (Å²) >= 11 is 0. The quantitative estimate of drug-likeness (QED) is 0.281. The predicted octanol–water partition coefficient (Wildman–Crippen LogP) is 3.69. The molecule has 0 aliphatic heterocycles. The smallest absolute Gasteiger partial charge is 0.422 e. The number of hydrogen-bond donors (Lipinski definition) is 3. The molecule has 2 rings (SSSR count). The molecule has 0 saturated carbocycles. The fourth-order valence-corrected chi connectivity index (χ4v) is 2.58. The third-order valence-electron chi connectivity index (χ3n) is 4.04. The van der Waals surface area contributed by atoms with Crippen molar-refractivity contribution < 1.29 is 23.0 Å². The van der Waals surface area contributed by atoms with E-state index in [1.807, 2.05) is 30.3 Å². The monoisotopic (exact) mass is 523 g/mol. The number of aliphatic hydroxyl groups is 1. The molecule has 0 radical (unpaired) electrons. The molecule has 0 saturated heterocycles. The van der Waals surface area contributed by atoms with Crippen LogP contribution < -0.4 is 15.4 Å². The molecule has 3 N–H and O–H groups in total. The molecule has 1 unspecified atom stereocenters. The maximum absolute atomic E-state index is 12.4. The molecule has 0 heterocycles. The molecule has 0 aliphatic carbocycles. The van der Waals surface area contributed by atoms with E-state index in [2.05, 4.69) is 15.6 Å². The van der Waals surface area contributed by atoms with Gasteiger partial charge in [0.2, 0.25) is 0 Å². The zero-order valence-corrected chi connectivity index (χ0v) is 18.3. The van der Waals surface area contributed by atoms with Crippen molar-refractivity contribution in [3.05, 3.63) is 65.7 Å². The highest BCUT2D eigenvalue weighted by Gasteiger charge is 2.28. The molecule has 1 atom stereocenters. The largest absolute Gasteiger partial charge is 0.484 e. The summed E-state index contributed by atoms with van der Waals surface area (Å²) in [6.07, 6.45) is -4.39. The van der Waals surface area contributed by atoms with E-state index < -0.39 is 12.8 Å². The van der Waals surface area contributed by atoms with Gasteiger partial charge in [0.1, 0.15) is 5.75 Å². The molecule has 0 spiro atoms. The van der Waals surface area contributed by atoms with Crippen LogP contribution in [0.1, 0.15) is 17.0 Å². The van der Waals surface area contributed by atoms with Crippen molar-refractivity contribution in [1.82, 2.24) is 10.6 Å². The number of para-hydroxylation sites is 1. The van der Waals surface area contributed by atoms with E-state index in [0.29, 0.717) is 18.1 Å². The Morgan fingerprint density at radius 3 is 2.34 bits per heavy atom. The van der Waals surface area contributed by atoms with E-state index in [-0.39, 0.29) is 48.8 Å². The molecule has 2 aromatic carbocycles. The number of rotatable bonds is 8. The molecular weight excluding hydrogens is 498 g/mol. The summed E-state index contributed by atoms with van der Waals surface area (Å²) in [6.45, 7) is -0.677. The van der Waals surface area contributed by atoms with Crippen LogP contribution in [0, 0.1) is 0 Å². The SMILES string of the molecule is CN=C(NCc1ccccc1OCC(F)(F)F)NCC(CO)c1ccccc1.I. The lowest BCUT2D eigenvalue weighted by Crippen LogP contribution is -2.39. The molecule has 0 aromatic heterocycles. The van der Waals surface area contributed by atoms with E-state index in [4.69, 9.17) is 4.74 Å². The Bertz CT molecular complexity index is 758. The average molecular weight is 523 g/mol. The van der Waals surface area contributed by atoms with Crippen LogP contribution in [0.2, 0.25) is 0 Å². The Morgan fingerprint density at radius 2 is 1.72 bits per heavy atom. The first-order chi connectivity index (χ1) is 13.4. The summed E-state index contributed by atoms with van der Waals surface area (Å²) in [5, 5.41) is 15.8. The zero-order chi connectivity index (χ0) is 20.4. The molecule has 9 heteroatoms. The molecule has 160 valence electrons. The van der Waals surface area contributed by atoms with Gasteiger partial charge in [-0.1, -0.05) is 48.5 Å². The molecule has 2 aromatic rings. The minimum absolute atomic E-state index is 0.